The molecular formula is C51H94O15P2. The third-order valence-electron chi connectivity index (χ3n) is 11.5. The Kier molecular flexibility index (Phi) is 43.6. The predicted molar refractivity (Wildman–Crippen MR) is 270 cm³/mol. The molecule has 0 aliphatic carbocycles. The molecule has 0 bridgehead atoms. The Labute approximate surface area is 410 Å². The summed E-state index contributed by atoms with van der Waals surface area (Å²) >= 11 is 0. The van der Waals surface area contributed by atoms with Crippen LogP contribution in [0, 0.1) is 5.92 Å². The van der Waals surface area contributed by atoms with Crippen molar-refractivity contribution in [3.63, 3.8) is 0 Å². The summed E-state index contributed by atoms with van der Waals surface area (Å²) in [5.41, 5.74) is 0. The van der Waals surface area contributed by atoms with Crippen molar-refractivity contribution in [2.24, 2.45) is 5.92 Å². The van der Waals surface area contributed by atoms with Gasteiger partial charge in [0.05, 0.1) is 32.0 Å². The maximum atomic E-state index is 12.7. The van der Waals surface area contributed by atoms with Crippen molar-refractivity contribution >= 4 is 27.6 Å². The van der Waals surface area contributed by atoms with E-state index in [9.17, 15) is 38.9 Å². The fourth-order valence-electron chi connectivity index (χ4n) is 7.07. The normalized spacial score (nSPS) is 15.6. The highest BCUT2D eigenvalue weighted by atomic mass is 31.2. The molecule has 0 spiro atoms. The Morgan fingerprint density at radius 1 is 0.515 bits per heavy atom. The average molecular weight is 1010 g/mol. The summed E-state index contributed by atoms with van der Waals surface area (Å²) in [7, 11) is -9.76. The van der Waals surface area contributed by atoms with E-state index in [4.69, 9.17) is 23.8 Å². The lowest BCUT2D eigenvalue weighted by Gasteiger charge is -2.20. The maximum absolute atomic E-state index is 12.7. The lowest BCUT2D eigenvalue weighted by molar-refractivity contribution is -0.161. The third kappa shape index (κ3) is 47.7. The van der Waals surface area contributed by atoms with Crippen molar-refractivity contribution in [2.45, 2.75) is 231 Å². The molecule has 6 atom stereocenters. The van der Waals surface area contributed by atoms with Gasteiger partial charge in [0.1, 0.15) is 12.7 Å². The van der Waals surface area contributed by atoms with Gasteiger partial charge in [-0.2, -0.15) is 0 Å². The molecule has 68 heavy (non-hydrogen) atoms. The van der Waals surface area contributed by atoms with Crippen LogP contribution in [0.3, 0.4) is 0 Å². The third-order valence-corrected chi connectivity index (χ3v) is 12.9. The van der Waals surface area contributed by atoms with Crippen molar-refractivity contribution in [1.82, 2.24) is 0 Å². The van der Waals surface area contributed by atoms with Gasteiger partial charge in [0, 0.05) is 12.8 Å². The Morgan fingerprint density at radius 2 is 0.956 bits per heavy atom. The largest absolute Gasteiger partial charge is 0.472 e. The van der Waals surface area contributed by atoms with Crippen LogP contribution in [-0.2, 0) is 41.8 Å². The van der Waals surface area contributed by atoms with E-state index >= 15 is 0 Å². The van der Waals surface area contributed by atoms with Gasteiger partial charge in [0.2, 0.25) is 0 Å². The zero-order valence-electron chi connectivity index (χ0n) is 42.1. The number of hydrogen-bond donors (Lipinski definition) is 6. The fourth-order valence-corrected chi connectivity index (χ4v) is 8.22. The van der Waals surface area contributed by atoms with Crippen LogP contribution in [0.25, 0.3) is 0 Å². The second kappa shape index (κ2) is 44.9. The van der Waals surface area contributed by atoms with Crippen molar-refractivity contribution < 1.29 is 71.8 Å². The summed E-state index contributed by atoms with van der Waals surface area (Å²) in [6.45, 7) is 3.82. The summed E-state index contributed by atoms with van der Waals surface area (Å²) < 4.78 is 47.8. The lowest BCUT2D eigenvalue weighted by atomic mass is 9.99. The van der Waals surface area contributed by atoms with E-state index in [2.05, 4.69) is 29.8 Å². The van der Waals surface area contributed by atoms with E-state index in [1.54, 1.807) is 24.3 Å². The van der Waals surface area contributed by atoms with Gasteiger partial charge < -0.3 is 39.5 Å². The highest BCUT2D eigenvalue weighted by molar-refractivity contribution is 7.47. The molecule has 6 N–H and O–H groups in total. The van der Waals surface area contributed by atoms with Gasteiger partial charge in [-0.1, -0.05) is 211 Å². The number of hydrogen-bond acceptors (Lipinski definition) is 12. The standard InChI is InChI=1S/C51H94O15P2/c1-4-6-28-35-46(52)36-30-25-21-19-22-26-31-37-47(53)38-33-40-50(55)62-43-49(44-65-68(60,61)64-42-48(54)41-63-67(57,58)59)66-51(56)39-32-27-23-18-16-14-12-10-8-7-9-11-13-15-17-20-24-29-34-45(3)5-2/h21-22,25-26,30-31,36-37,45-49,52-54H,4-20,23-24,27-29,32-35,38-44H2,1-3H3,(H,60,61)(H2,57,58,59)/b25-21-,26-22-,36-30+,37-31+/t45?,46-,47-,48-,49+/m0/s1. The first-order valence-electron chi connectivity index (χ1n) is 25.9. The second-order valence-electron chi connectivity index (χ2n) is 18.1. The lowest BCUT2D eigenvalue weighted by Crippen LogP contribution is -2.30. The molecule has 0 aromatic carbocycles. The maximum Gasteiger partial charge on any atom is 0.472 e. The topological polar surface area (TPSA) is 236 Å². The Morgan fingerprint density at radius 3 is 1.46 bits per heavy atom. The van der Waals surface area contributed by atoms with Crippen LogP contribution >= 0.6 is 15.6 Å². The molecule has 0 aromatic heterocycles. The highest BCUT2D eigenvalue weighted by Gasteiger charge is 2.28. The molecule has 0 saturated heterocycles. The zero-order valence-corrected chi connectivity index (χ0v) is 43.9. The molecular weight excluding hydrogens is 914 g/mol. The smallest absolute Gasteiger partial charge is 0.462 e. The fraction of sp³-hybridized carbons (Fsp3) is 0.804. The molecule has 0 saturated carbocycles. The minimum Gasteiger partial charge on any atom is -0.462 e. The van der Waals surface area contributed by atoms with E-state index in [0.29, 0.717) is 19.3 Å². The molecule has 398 valence electrons. The van der Waals surface area contributed by atoms with Gasteiger partial charge in [-0.3, -0.25) is 23.2 Å². The van der Waals surface area contributed by atoms with E-state index in [1.165, 1.54) is 96.3 Å². The number of aliphatic hydroxyl groups excluding tert-OH is 3. The molecule has 0 amide bonds. The van der Waals surface area contributed by atoms with Crippen LogP contribution in [0.4, 0.5) is 0 Å². The molecule has 0 radical (unpaired) electrons. The summed E-state index contributed by atoms with van der Waals surface area (Å²) in [6, 6.07) is 0. The number of phosphoric acid groups is 2. The van der Waals surface area contributed by atoms with Crippen LogP contribution in [0.15, 0.2) is 48.6 Å². The number of phosphoric ester groups is 2. The summed E-state index contributed by atoms with van der Waals surface area (Å²) in [5, 5.41) is 30.0. The molecule has 15 nitrogen and oxygen atoms in total. The molecule has 0 fully saturated rings. The van der Waals surface area contributed by atoms with Crippen LogP contribution in [-0.4, -0.2) is 92.8 Å². The highest BCUT2D eigenvalue weighted by Crippen LogP contribution is 2.44. The minimum atomic E-state index is -4.89. The number of allylic oxidation sites excluding steroid dienone is 6. The minimum absolute atomic E-state index is 0.0525. The van der Waals surface area contributed by atoms with Crippen LogP contribution < -0.4 is 0 Å². The van der Waals surface area contributed by atoms with Crippen LogP contribution in [0.1, 0.15) is 207 Å². The summed E-state index contributed by atoms with van der Waals surface area (Å²) in [6.07, 6.45) is 40.2. The number of carbonyl (C=O) groups is 2. The van der Waals surface area contributed by atoms with Crippen molar-refractivity contribution in [1.29, 1.82) is 0 Å². The van der Waals surface area contributed by atoms with Gasteiger partial charge >= 0.3 is 27.6 Å². The van der Waals surface area contributed by atoms with E-state index in [0.717, 1.165) is 57.3 Å². The first kappa shape index (κ1) is 66.0. The second-order valence-corrected chi connectivity index (χ2v) is 20.8. The molecule has 2 unspecified atom stereocenters. The van der Waals surface area contributed by atoms with E-state index in [-0.39, 0.29) is 19.3 Å². The molecule has 17 heteroatoms. The molecule has 0 heterocycles. The van der Waals surface area contributed by atoms with E-state index < -0.39 is 78.4 Å². The number of carbonyl (C=O) groups excluding carboxylic acids is 2. The number of ether oxygens (including phenoxy) is 2. The number of unbranched alkanes of at least 4 members (excludes halogenated alkanes) is 19. The van der Waals surface area contributed by atoms with Crippen molar-refractivity contribution in [3.05, 3.63) is 48.6 Å². The summed E-state index contributed by atoms with van der Waals surface area (Å²) in [4.78, 5) is 52.9. The SMILES string of the molecule is CCCCC[C@H](O)/C=C/C=C\C/C=C\C=C\[C@H](O)CCCC(=O)OC[C@H](COP(=O)(O)OC[C@@H](O)COP(=O)(O)O)OC(=O)CCCCCCCCCCCCCCCCCCCCC(C)CC. The van der Waals surface area contributed by atoms with Gasteiger partial charge in [-0.25, -0.2) is 9.13 Å². The number of rotatable bonds is 48. The molecule has 0 aliphatic rings. The Bertz CT molecular complexity index is 1430. The van der Waals surface area contributed by atoms with Crippen molar-refractivity contribution in [3.8, 4) is 0 Å². The van der Waals surface area contributed by atoms with Crippen LogP contribution in [0.5, 0.6) is 0 Å². The van der Waals surface area contributed by atoms with Gasteiger partial charge in [0.15, 0.2) is 6.10 Å². The first-order valence-corrected chi connectivity index (χ1v) is 29.0. The quantitative estimate of drug-likeness (QED) is 0.0144. The first-order chi connectivity index (χ1) is 32.6. The van der Waals surface area contributed by atoms with Crippen LogP contribution in [0.2, 0.25) is 0 Å². The molecule has 0 rings (SSSR count). The molecule has 0 aromatic rings. The van der Waals surface area contributed by atoms with Gasteiger partial charge in [-0.15, -0.1) is 0 Å². The predicted octanol–water partition coefficient (Wildman–Crippen LogP) is 12.0. The molecule has 0 aliphatic heterocycles. The van der Waals surface area contributed by atoms with Gasteiger partial charge in [0.25, 0.3) is 0 Å². The number of esters is 2. The Balaban J connectivity index is 4.56. The van der Waals surface area contributed by atoms with Crippen molar-refractivity contribution in [2.75, 3.05) is 26.4 Å². The summed E-state index contributed by atoms with van der Waals surface area (Å²) in [5.74, 6) is -0.379. The Hall–Kier alpha value is -2.00. The monoisotopic (exact) mass is 1010 g/mol. The zero-order chi connectivity index (χ0) is 50.6. The average Bonchev–Trinajstić information content (AvgIpc) is 3.29. The number of aliphatic hydroxyl groups is 3. The van der Waals surface area contributed by atoms with Gasteiger partial charge in [-0.05, 0) is 38.0 Å². The van der Waals surface area contributed by atoms with E-state index in [1.807, 2.05) is 24.3 Å².